The molecule has 0 bridgehead atoms. The standard InChI is InChI=1S/C13H19Cl2N.ClH/c1-13(2,3)9-16-5-4-10-6-11(14)8-12(15)7-10;/h6-8,16H,4-5,9H2,1-3H3;1H. The molecule has 1 nitrogen and oxygen atoms in total. The summed E-state index contributed by atoms with van der Waals surface area (Å²) in [6.07, 6.45) is 0.955. The molecule has 0 spiro atoms. The van der Waals surface area contributed by atoms with E-state index in [1.165, 1.54) is 5.56 Å². The lowest BCUT2D eigenvalue weighted by Crippen LogP contribution is -2.28. The molecule has 0 fully saturated rings. The van der Waals surface area contributed by atoms with Gasteiger partial charge in [-0.1, -0.05) is 44.0 Å². The van der Waals surface area contributed by atoms with E-state index in [0.717, 1.165) is 19.5 Å². The number of hydrogen-bond acceptors (Lipinski definition) is 1. The topological polar surface area (TPSA) is 12.0 Å². The van der Waals surface area contributed by atoms with E-state index in [2.05, 4.69) is 26.1 Å². The van der Waals surface area contributed by atoms with Crippen LogP contribution in [0.1, 0.15) is 26.3 Å². The van der Waals surface area contributed by atoms with E-state index in [4.69, 9.17) is 23.2 Å². The van der Waals surface area contributed by atoms with Crippen LogP contribution in [0.2, 0.25) is 10.0 Å². The van der Waals surface area contributed by atoms with E-state index >= 15 is 0 Å². The Morgan fingerprint density at radius 3 is 2.06 bits per heavy atom. The van der Waals surface area contributed by atoms with Crippen molar-refractivity contribution in [3.05, 3.63) is 33.8 Å². The summed E-state index contributed by atoms with van der Waals surface area (Å²) in [5.74, 6) is 0. The molecule has 1 rings (SSSR count). The lowest BCUT2D eigenvalue weighted by Gasteiger charge is -2.18. The van der Waals surface area contributed by atoms with E-state index < -0.39 is 0 Å². The summed E-state index contributed by atoms with van der Waals surface area (Å²) < 4.78 is 0. The van der Waals surface area contributed by atoms with Crippen LogP contribution >= 0.6 is 35.6 Å². The third kappa shape index (κ3) is 7.88. The highest BCUT2D eigenvalue weighted by atomic mass is 35.5. The third-order valence-electron chi connectivity index (χ3n) is 2.17. The smallest absolute Gasteiger partial charge is 0.0423 e. The van der Waals surface area contributed by atoms with Crippen LogP contribution in [0.15, 0.2) is 18.2 Å². The second-order valence-corrected chi connectivity index (χ2v) is 6.14. The SMILES string of the molecule is CC(C)(C)CNCCc1cc(Cl)cc(Cl)c1.Cl. The number of hydrogen-bond donors (Lipinski definition) is 1. The maximum Gasteiger partial charge on any atom is 0.0423 e. The van der Waals surface area contributed by atoms with Crippen molar-refractivity contribution in [2.24, 2.45) is 5.41 Å². The average molecular weight is 297 g/mol. The molecule has 17 heavy (non-hydrogen) atoms. The van der Waals surface area contributed by atoms with Gasteiger partial charge in [0.2, 0.25) is 0 Å². The minimum Gasteiger partial charge on any atom is -0.316 e. The maximum atomic E-state index is 5.93. The summed E-state index contributed by atoms with van der Waals surface area (Å²) in [4.78, 5) is 0. The predicted molar refractivity (Wildman–Crippen MR) is 79.7 cm³/mol. The highest BCUT2D eigenvalue weighted by molar-refractivity contribution is 6.34. The monoisotopic (exact) mass is 295 g/mol. The summed E-state index contributed by atoms with van der Waals surface area (Å²) in [6.45, 7) is 8.62. The molecule has 0 aliphatic rings. The van der Waals surface area contributed by atoms with E-state index in [1.54, 1.807) is 6.07 Å². The molecular weight excluding hydrogens is 277 g/mol. The maximum absolute atomic E-state index is 5.93. The van der Waals surface area contributed by atoms with Crippen LogP contribution in [0.3, 0.4) is 0 Å². The molecule has 0 heterocycles. The van der Waals surface area contributed by atoms with Gasteiger partial charge in [-0.15, -0.1) is 12.4 Å². The lowest BCUT2D eigenvalue weighted by atomic mass is 9.97. The van der Waals surface area contributed by atoms with E-state index in [-0.39, 0.29) is 12.4 Å². The lowest BCUT2D eigenvalue weighted by molar-refractivity contribution is 0.381. The zero-order valence-corrected chi connectivity index (χ0v) is 12.8. The van der Waals surface area contributed by atoms with Crippen LogP contribution in [-0.2, 0) is 6.42 Å². The largest absolute Gasteiger partial charge is 0.316 e. The van der Waals surface area contributed by atoms with Crippen LogP contribution in [0.25, 0.3) is 0 Å². The number of rotatable bonds is 4. The molecule has 0 unspecified atom stereocenters. The minimum absolute atomic E-state index is 0. The second kappa shape index (κ2) is 7.48. The number of halogens is 3. The van der Waals surface area contributed by atoms with Gasteiger partial charge in [-0.05, 0) is 42.1 Å². The quantitative estimate of drug-likeness (QED) is 0.801. The van der Waals surface area contributed by atoms with Gasteiger partial charge in [0.05, 0.1) is 0 Å². The van der Waals surface area contributed by atoms with Gasteiger partial charge in [0.1, 0.15) is 0 Å². The van der Waals surface area contributed by atoms with Crippen molar-refractivity contribution in [1.29, 1.82) is 0 Å². The highest BCUT2D eigenvalue weighted by Crippen LogP contribution is 2.19. The van der Waals surface area contributed by atoms with Gasteiger partial charge in [0, 0.05) is 16.6 Å². The van der Waals surface area contributed by atoms with Crippen LogP contribution in [-0.4, -0.2) is 13.1 Å². The zero-order chi connectivity index (χ0) is 12.2. The van der Waals surface area contributed by atoms with E-state index in [1.807, 2.05) is 12.1 Å². The molecule has 0 atom stereocenters. The van der Waals surface area contributed by atoms with Crippen molar-refractivity contribution < 1.29 is 0 Å². The second-order valence-electron chi connectivity index (χ2n) is 5.27. The molecule has 4 heteroatoms. The van der Waals surface area contributed by atoms with E-state index in [9.17, 15) is 0 Å². The third-order valence-corrected chi connectivity index (χ3v) is 2.60. The van der Waals surface area contributed by atoms with Gasteiger partial charge in [-0.3, -0.25) is 0 Å². The Morgan fingerprint density at radius 1 is 1.06 bits per heavy atom. The Hall–Kier alpha value is 0.0500. The van der Waals surface area contributed by atoms with Crippen molar-refractivity contribution in [2.45, 2.75) is 27.2 Å². The van der Waals surface area contributed by atoms with Crippen molar-refractivity contribution in [3.63, 3.8) is 0 Å². The van der Waals surface area contributed by atoms with Gasteiger partial charge in [0.15, 0.2) is 0 Å². The Balaban J connectivity index is 0.00000256. The van der Waals surface area contributed by atoms with Crippen molar-refractivity contribution in [2.75, 3.05) is 13.1 Å². The van der Waals surface area contributed by atoms with Crippen molar-refractivity contribution >= 4 is 35.6 Å². The van der Waals surface area contributed by atoms with Gasteiger partial charge in [-0.2, -0.15) is 0 Å². The van der Waals surface area contributed by atoms with Gasteiger partial charge in [-0.25, -0.2) is 0 Å². The van der Waals surface area contributed by atoms with Gasteiger partial charge >= 0.3 is 0 Å². The summed E-state index contributed by atoms with van der Waals surface area (Å²) in [5, 5.41) is 4.84. The molecule has 1 aromatic carbocycles. The van der Waals surface area contributed by atoms with Crippen molar-refractivity contribution in [1.82, 2.24) is 5.32 Å². The minimum atomic E-state index is 0. The summed E-state index contributed by atoms with van der Waals surface area (Å²) in [7, 11) is 0. The molecule has 98 valence electrons. The molecule has 0 aromatic heterocycles. The zero-order valence-electron chi connectivity index (χ0n) is 10.5. The molecule has 0 radical (unpaired) electrons. The van der Waals surface area contributed by atoms with E-state index in [0.29, 0.717) is 15.5 Å². The molecule has 1 aromatic rings. The van der Waals surface area contributed by atoms with Crippen molar-refractivity contribution in [3.8, 4) is 0 Å². The fourth-order valence-corrected chi connectivity index (χ4v) is 2.02. The van der Waals surface area contributed by atoms with Crippen LogP contribution in [0.4, 0.5) is 0 Å². The Kier molecular flexibility index (Phi) is 7.50. The molecular formula is C13H20Cl3N. The Morgan fingerprint density at radius 2 is 1.59 bits per heavy atom. The van der Waals surface area contributed by atoms with Crippen LogP contribution in [0.5, 0.6) is 0 Å². The van der Waals surface area contributed by atoms with Gasteiger partial charge in [0.25, 0.3) is 0 Å². The Bertz CT molecular complexity index is 325. The highest BCUT2D eigenvalue weighted by Gasteiger charge is 2.08. The van der Waals surface area contributed by atoms with Gasteiger partial charge < -0.3 is 5.32 Å². The first-order chi connectivity index (χ1) is 7.37. The number of benzene rings is 1. The first-order valence-corrected chi connectivity index (χ1v) is 6.28. The first-order valence-electron chi connectivity index (χ1n) is 5.52. The van der Waals surface area contributed by atoms with Crippen LogP contribution in [0, 0.1) is 5.41 Å². The number of nitrogens with one attached hydrogen (secondary N) is 1. The summed E-state index contributed by atoms with van der Waals surface area (Å²) in [5.41, 5.74) is 1.50. The first kappa shape index (κ1) is 17.1. The summed E-state index contributed by atoms with van der Waals surface area (Å²) >= 11 is 11.9. The fraction of sp³-hybridized carbons (Fsp3) is 0.538. The molecule has 0 aliphatic carbocycles. The fourth-order valence-electron chi connectivity index (χ4n) is 1.45. The molecule has 0 saturated heterocycles. The van der Waals surface area contributed by atoms with Crippen LogP contribution < -0.4 is 5.32 Å². The average Bonchev–Trinajstić information content (AvgIpc) is 2.09. The molecule has 0 aliphatic heterocycles. The Labute approximate surface area is 120 Å². The summed E-state index contributed by atoms with van der Waals surface area (Å²) in [6, 6.07) is 5.69. The normalized spacial score (nSPS) is 11.1. The molecule has 0 saturated carbocycles. The predicted octanol–water partition coefficient (Wildman–Crippen LogP) is 4.59. The molecule has 0 amide bonds. The molecule has 1 N–H and O–H groups in total.